The third kappa shape index (κ3) is 3.91. The Morgan fingerprint density at radius 2 is 1.63 bits per heavy atom. The second-order valence-corrected chi connectivity index (χ2v) is 6.58. The Labute approximate surface area is 116 Å². The number of hydrogen-bond donors (Lipinski definition) is 2. The fourth-order valence-electron chi connectivity index (χ4n) is 3.65. The van der Waals surface area contributed by atoms with Gasteiger partial charge in [-0.3, -0.25) is 0 Å². The third-order valence-corrected chi connectivity index (χ3v) is 4.93. The van der Waals surface area contributed by atoms with Crippen molar-refractivity contribution >= 4 is 0 Å². The zero-order chi connectivity index (χ0) is 13.1. The molecule has 0 amide bonds. The van der Waals surface area contributed by atoms with E-state index in [1.807, 2.05) is 0 Å². The number of nitrogens with zero attached hydrogens (tertiary/aromatic N) is 1. The van der Waals surface area contributed by atoms with Crippen LogP contribution in [0.5, 0.6) is 0 Å². The van der Waals surface area contributed by atoms with Gasteiger partial charge in [-0.1, -0.05) is 0 Å². The van der Waals surface area contributed by atoms with Crippen LogP contribution in [0.25, 0.3) is 0 Å². The van der Waals surface area contributed by atoms with Crippen molar-refractivity contribution in [2.24, 2.45) is 5.92 Å². The summed E-state index contributed by atoms with van der Waals surface area (Å²) in [7, 11) is 0. The van der Waals surface area contributed by atoms with Crippen molar-refractivity contribution in [1.82, 2.24) is 10.2 Å². The van der Waals surface area contributed by atoms with E-state index in [1.165, 1.54) is 45.3 Å². The highest BCUT2D eigenvalue weighted by Crippen LogP contribution is 2.29. The summed E-state index contributed by atoms with van der Waals surface area (Å²) in [6.07, 6.45) is 7.77. The van der Waals surface area contributed by atoms with Crippen LogP contribution in [0.2, 0.25) is 0 Å². The number of aliphatic hydroxyl groups excluding tert-OH is 1. The van der Waals surface area contributed by atoms with Crippen LogP contribution in [0.15, 0.2) is 0 Å². The van der Waals surface area contributed by atoms with Crippen LogP contribution >= 0.6 is 0 Å². The van der Waals surface area contributed by atoms with Gasteiger partial charge in [0.15, 0.2) is 0 Å². The molecule has 1 aliphatic carbocycles. The van der Waals surface area contributed by atoms with Crippen molar-refractivity contribution in [3.63, 3.8) is 0 Å². The van der Waals surface area contributed by atoms with E-state index >= 15 is 0 Å². The number of nitrogens with one attached hydrogen (secondary N) is 1. The summed E-state index contributed by atoms with van der Waals surface area (Å²) in [5.41, 5.74) is 0. The van der Waals surface area contributed by atoms with E-state index in [1.54, 1.807) is 0 Å². The molecule has 0 aromatic carbocycles. The maximum Gasteiger partial charge on any atom is 0.0603 e. The van der Waals surface area contributed by atoms with Crippen LogP contribution in [0.4, 0.5) is 0 Å². The van der Waals surface area contributed by atoms with E-state index in [0.29, 0.717) is 12.2 Å². The van der Waals surface area contributed by atoms with Crippen molar-refractivity contribution in [3.8, 4) is 0 Å². The summed E-state index contributed by atoms with van der Waals surface area (Å²) in [5, 5.41) is 12.7. The zero-order valence-corrected chi connectivity index (χ0v) is 11.9. The summed E-state index contributed by atoms with van der Waals surface area (Å²) in [5.74, 6) is 0.747. The third-order valence-electron chi connectivity index (χ3n) is 4.93. The van der Waals surface area contributed by atoms with Gasteiger partial charge in [0.25, 0.3) is 0 Å². The fraction of sp³-hybridized carbons (Fsp3) is 1.00. The number of hydrogen-bond acceptors (Lipinski definition) is 4. The van der Waals surface area contributed by atoms with E-state index in [2.05, 4.69) is 10.2 Å². The van der Waals surface area contributed by atoms with Gasteiger partial charge < -0.3 is 20.1 Å². The fourth-order valence-corrected chi connectivity index (χ4v) is 3.65. The van der Waals surface area contributed by atoms with E-state index < -0.39 is 0 Å². The van der Waals surface area contributed by atoms with Crippen molar-refractivity contribution < 1.29 is 9.84 Å². The van der Waals surface area contributed by atoms with E-state index in [0.717, 1.165) is 31.8 Å². The summed E-state index contributed by atoms with van der Waals surface area (Å²) in [6, 6.07) is 0. The van der Waals surface area contributed by atoms with Crippen LogP contribution in [-0.2, 0) is 4.74 Å². The predicted octanol–water partition coefficient (Wildman–Crippen LogP) is 0.990. The van der Waals surface area contributed by atoms with Gasteiger partial charge in [-0.15, -0.1) is 0 Å². The summed E-state index contributed by atoms with van der Waals surface area (Å²) in [4.78, 5) is 2.57. The van der Waals surface area contributed by atoms with Crippen LogP contribution in [-0.4, -0.2) is 61.0 Å². The predicted molar refractivity (Wildman–Crippen MR) is 75.2 cm³/mol. The second kappa shape index (κ2) is 6.53. The molecule has 2 N–H and O–H groups in total. The summed E-state index contributed by atoms with van der Waals surface area (Å²) >= 11 is 0. The van der Waals surface area contributed by atoms with E-state index in [-0.39, 0.29) is 6.10 Å². The van der Waals surface area contributed by atoms with Gasteiger partial charge in [0.2, 0.25) is 0 Å². The average molecular weight is 268 g/mol. The molecule has 110 valence electrons. The van der Waals surface area contributed by atoms with Gasteiger partial charge in [-0.05, 0) is 57.5 Å². The molecule has 4 nitrogen and oxygen atoms in total. The molecule has 3 aliphatic rings. The molecule has 2 saturated heterocycles. The molecule has 19 heavy (non-hydrogen) atoms. The largest absolute Gasteiger partial charge is 0.393 e. The quantitative estimate of drug-likeness (QED) is 0.798. The molecular formula is C15H28N2O2. The minimum atomic E-state index is -0.00853. The van der Waals surface area contributed by atoms with Crippen molar-refractivity contribution in [2.45, 2.75) is 56.8 Å². The lowest BCUT2D eigenvalue weighted by Gasteiger charge is -2.39. The molecule has 1 saturated carbocycles. The van der Waals surface area contributed by atoms with Gasteiger partial charge in [0.05, 0.1) is 18.3 Å². The maximum atomic E-state index is 9.33. The molecule has 4 heteroatoms. The molecule has 2 heterocycles. The number of piperidine rings is 2. The van der Waals surface area contributed by atoms with Gasteiger partial charge in [-0.2, -0.15) is 0 Å². The second-order valence-electron chi connectivity index (χ2n) is 6.58. The molecule has 2 aliphatic heterocycles. The zero-order valence-electron chi connectivity index (χ0n) is 11.9. The smallest absolute Gasteiger partial charge is 0.0603 e. The van der Waals surface area contributed by atoms with Crippen LogP contribution in [0, 0.1) is 5.92 Å². The normalized spacial score (nSPS) is 35.2. The topological polar surface area (TPSA) is 44.7 Å². The molecule has 0 radical (unpaired) electrons. The molecule has 0 bridgehead atoms. The number of rotatable bonds is 4. The van der Waals surface area contributed by atoms with E-state index in [9.17, 15) is 5.11 Å². The SMILES string of the molecule is OC1CC(CN2CCC(OC3CCNCC3)CC2)C1. The Kier molecular flexibility index (Phi) is 4.74. The van der Waals surface area contributed by atoms with Gasteiger partial charge >= 0.3 is 0 Å². The molecular weight excluding hydrogens is 240 g/mol. The first kappa shape index (κ1) is 13.8. The van der Waals surface area contributed by atoms with E-state index in [4.69, 9.17) is 4.74 Å². The minimum Gasteiger partial charge on any atom is -0.393 e. The van der Waals surface area contributed by atoms with Gasteiger partial charge in [0.1, 0.15) is 0 Å². The van der Waals surface area contributed by atoms with Crippen molar-refractivity contribution in [2.75, 3.05) is 32.7 Å². The first-order chi connectivity index (χ1) is 9.29. The monoisotopic (exact) mass is 268 g/mol. The highest BCUT2D eigenvalue weighted by molar-refractivity contribution is 4.83. The molecule has 3 rings (SSSR count). The lowest BCUT2D eigenvalue weighted by molar-refractivity contribution is -0.0586. The van der Waals surface area contributed by atoms with Crippen molar-refractivity contribution in [3.05, 3.63) is 0 Å². The lowest BCUT2D eigenvalue weighted by Crippen LogP contribution is -2.44. The molecule has 0 spiro atoms. The first-order valence-corrected chi connectivity index (χ1v) is 8.06. The number of aliphatic hydroxyl groups is 1. The standard InChI is InChI=1S/C15H28N2O2/c18-13-9-12(10-13)11-17-7-3-15(4-8-17)19-14-1-5-16-6-2-14/h12-16,18H,1-11H2. The highest BCUT2D eigenvalue weighted by atomic mass is 16.5. The number of likely N-dealkylation sites (tertiary alicyclic amines) is 1. The molecule has 0 aromatic heterocycles. The summed E-state index contributed by atoms with van der Waals surface area (Å²) in [6.45, 7) is 5.79. The first-order valence-electron chi connectivity index (χ1n) is 8.06. The highest BCUT2D eigenvalue weighted by Gasteiger charge is 2.30. The Morgan fingerprint density at radius 3 is 2.26 bits per heavy atom. The van der Waals surface area contributed by atoms with Crippen LogP contribution in [0.3, 0.4) is 0 Å². The average Bonchev–Trinajstić information content (AvgIpc) is 2.40. The van der Waals surface area contributed by atoms with Gasteiger partial charge in [0, 0.05) is 19.6 Å². The van der Waals surface area contributed by atoms with Gasteiger partial charge in [-0.25, -0.2) is 0 Å². The maximum absolute atomic E-state index is 9.33. The van der Waals surface area contributed by atoms with Crippen LogP contribution < -0.4 is 5.32 Å². The Morgan fingerprint density at radius 1 is 1.00 bits per heavy atom. The number of ether oxygens (including phenoxy) is 1. The Bertz CT molecular complexity index is 267. The Hall–Kier alpha value is -0.160. The Balaban J connectivity index is 1.32. The summed E-state index contributed by atoms with van der Waals surface area (Å²) < 4.78 is 6.24. The minimum absolute atomic E-state index is 0.00853. The molecule has 0 atom stereocenters. The molecule has 3 fully saturated rings. The van der Waals surface area contributed by atoms with Crippen molar-refractivity contribution in [1.29, 1.82) is 0 Å². The lowest BCUT2D eigenvalue weighted by atomic mass is 9.82. The van der Waals surface area contributed by atoms with Crippen LogP contribution in [0.1, 0.15) is 38.5 Å². The molecule has 0 aromatic rings. The molecule has 0 unspecified atom stereocenters.